The van der Waals surface area contributed by atoms with Gasteiger partial charge in [-0.15, -0.1) is 11.3 Å². The van der Waals surface area contributed by atoms with E-state index in [4.69, 9.17) is 11.6 Å². The summed E-state index contributed by atoms with van der Waals surface area (Å²) in [5.74, 6) is 0. The highest BCUT2D eigenvalue weighted by molar-refractivity contribution is 14.1. The van der Waals surface area contributed by atoms with Gasteiger partial charge >= 0.3 is 0 Å². The summed E-state index contributed by atoms with van der Waals surface area (Å²) < 4.78 is 2.42. The van der Waals surface area contributed by atoms with Crippen molar-refractivity contribution in [2.75, 3.05) is 7.05 Å². The summed E-state index contributed by atoms with van der Waals surface area (Å²) >= 11 is 13.8. The average Bonchev–Trinajstić information content (AvgIpc) is 2.75. The zero-order valence-electron chi connectivity index (χ0n) is 9.71. The summed E-state index contributed by atoms with van der Waals surface area (Å²) in [6, 6.07) is 8.42. The number of thiophene rings is 1. The second kappa shape index (κ2) is 6.70. The van der Waals surface area contributed by atoms with Gasteiger partial charge < -0.3 is 5.32 Å². The van der Waals surface area contributed by atoms with Crippen LogP contribution in [-0.2, 0) is 6.42 Å². The molecule has 1 nitrogen and oxygen atoms in total. The summed E-state index contributed by atoms with van der Waals surface area (Å²) in [5.41, 5.74) is 1.26. The summed E-state index contributed by atoms with van der Waals surface area (Å²) in [4.78, 5) is 1.35. The van der Waals surface area contributed by atoms with E-state index in [0.717, 1.165) is 11.4 Å². The van der Waals surface area contributed by atoms with E-state index in [1.54, 1.807) is 11.3 Å². The summed E-state index contributed by atoms with van der Waals surface area (Å²) in [6.07, 6.45) is 0.963. The zero-order chi connectivity index (χ0) is 13.1. The molecule has 1 atom stereocenters. The summed E-state index contributed by atoms with van der Waals surface area (Å²) in [6.45, 7) is 0. The third-order valence-corrected chi connectivity index (χ3v) is 5.93. The van der Waals surface area contributed by atoms with Gasteiger partial charge in [0.15, 0.2) is 0 Å². The minimum Gasteiger partial charge on any atom is -0.313 e. The molecule has 0 saturated heterocycles. The first-order valence-corrected chi connectivity index (χ1v) is 8.59. The van der Waals surface area contributed by atoms with Crippen LogP contribution in [0.25, 0.3) is 0 Å². The van der Waals surface area contributed by atoms with E-state index >= 15 is 0 Å². The summed E-state index contributed by atoms with van der Waals surface area (Å²) in [5, 5.41) is 6.27. The molecule has 0 aliphatic heterocycles. The third-order valence-electron chi connectivity index (χ3n) is 2.76. The van der Waals surface area contributed by atoms with E-state index in [1.165, 1.54) is 18.5 Å². The normalized spacial score (nSPS) is 12.7. The highest BCUT2D eigenvalue weighted by Gasteiger charge is 2.15. The van der Waals surface area contributed by atoms with Crippen molar-refractivity contribution in [3.63, 3.8) is 0 Å². The molecule has 0 amide bonds. The smallest absolute Gasteiger partial charge is 0.0410 e. The molecule has 18 heavy (non-hydrogen) atoms. The Hall–Kier alpha value is 0.380. The Kier molecular flexibility index (Phi) is 5.50. The lowest BCUT2D eigenvalue weighted by molar-refractivity contribution is 0.593. The molecule has 1 heterocycles. The quantitative estimate of drug-likeness (QED) is 0.618. The van der Waals surface area contributed by atoms with Crippen LogP contribution >= 0.6 is 61.5 Å². The Balaban J connectivity index is 2.28. The molecule has 1 unspecified atom stereocenters. The molecule has 0 bridgehead atoms. The number of benzene rings is 1. The average molecular weight is 457 g/mol. The topological polar surface area (TPSA) is 12.0 Å². The molecule has 2 aromatic rings. The van der Waals surface area contributed by atoms with Crippen LogP contribution in [0.2, 0.25) is 5.02 Å². The molecule has 2 rings (SSSR count). The molecule has 0 fully saturated rings. The number of hydrogen-bond acceptors (Lipinski definition) is 2. The van der Waals surface area contributed by atoms with Crippen molar-refractivity contribution in [1.29, 1.82) is 0 Å². The Morgan fingerprint density at radius 2 is 2.22 bits per heavy atom. The highest BCUT2D eigenvalue weighted by Crippen LogP contribution is 2.31. The minimum atomic E-state index is 0.283. The maximum atomic E-state index is 6.09. The molecule has 5 heteroatoms. The molecule has 0 aliphatic rings. The summed E-state index contributed by atoms with van der Waals surface area (Å²) in [7, 11) is 1.99. The SMILES string of the molecule is CNC(Cc1sccc1Br)c1cc(Cl)ccc1I. The molecular weight excluding hydrogens is 444 g/mol. The van der Waals surface area contributed by atoms with Crippen LogP contribution in [-0.4, -0.2) is 7.05 Å². The van der Waals surface area contributed by atoms with Crippen LogP contribution in [0.15, 0.2) is 34.1 Å². The minimum absolute atomic E-state index is 0.283. The van der Waals surface area contributed by atoms with Gasteiger partial charge in [-0.1, -0.05) is 11.6 Å². The van der Waals surface area contributed by atoms with Gasteiger partial charge in [-0.05, 0) is 80.8 Å². The first-order chi connectivity index (χ1) is 8.61. The van der Waals surface area contributed by atoms with Gasteiger partial charge in [-0.3, -0.25) is 0 Å². The Morgan fingerprint density at radius 1 is 1.44 bits per heavy atom. The maximum Gasteiger partial charge on any atom is 0.0410 e. The lowest BCUT2D eigenvalue weighted by atomic mass is 10.0. The first-order valence-electron chi connectivity index (χ1n) is 5.46. The van der Waals surface area contributed by atoms with Crippen LogP contribution < -0.4 is 5.32 Å². The Bertz CT molecular complexity index is 544. The fraction of sp³-hybridized carbons (Fsp3) is 0.231. The number of likely N-dealkylation sites (N-methyl/N-ethyl adjacent to an activating group) is 1. The monoisotopic (exact) mass is 455 g/mol. The van der Waals surface area contributed by atoms with Gasteiger partial charge in [0.1, 0.15) is 0 Å². The lowest BCUT2D eigenvalue weighted by Gasteiger charge is -2.18. The van der Waals surface area contributed by atoms with E-state index in [9.17, 15) is 0 Å². The van der Waals surface area contributed by atoms with Crippen molar-refractivity contribution in [2.45, 2.75) is 12.5 Å². The van der Waals surface area contributed by atoms with Gasteiger partial charge in [0, 0.05) is 30.4 Å². The molecular formula is C13H12BrClINS. The molecule has 0 saturated carbocycles. The van der Waals surface area contributed by atoms with Crippen molar-refractivity contribution < 1.29 is 0 Å². The number of hydrogen-bond donors (Lipinski definition) is 1. The van der Waals surface area contributed by atoms with Gasteiger partial charge in [-0.2, -0.15) is 0 Å². The molecule has 0 aliphatic carbocycles. The van der Waals surface area contributed by atoms with Gasteiger partial charge in [0.25, 0.3) is 0 Å². The van der Waals surface area contributed by atoms with E-state index in [0.29, 0.717) is 0 Å². The van der Waals surface area contributed by atoms with Crippen molar-refractivity contribution >= 4 is 61.5 Å². The largest absolute Gasteiger partial charge is 0.313 e. The van der Waals surface area contributed by atoms with Crippen LogP contribution in [0.4, 0.5) is 0 Å². The predicted molar refractivity (Wildman–Crippen MR) is 91.7 cm³/mol. The lowest BCUT2D eigenvalue weighted by Crippen LogP contribution is -2.19. The Labute approximate surface area is 138 Å². The van der Waals surface area contributed by atoms with Gasteiger partial charge in [0.05, 0.1) is 0 Å². The second-order valence-corrected chi connectivity index (χ2v) is 7.36. The predicted octanol–water partition coefficient (Wildman–Crippen LogP) is 5.27. The van der Waals surface area contributed by atoms with Crippen LogP contribution in [0.1, 0.15) is 16.5 Å². The first kappa shape index (κ1) is 14.8. The highest BCUT2D eigenvalue weighted by atomic mass is 127. The van der Waals surface area contributed by atoms with Crippen LogP contribution in [0.5, 0.6) is 0 Å². The van der Waals surface area contributed by atoms with Crippen LogP contribution in [0.3, 0.4) is 0 Å². The number of rotatable bonds is 4. The number of nitrogens with one attached hydrogen (secondary N) is 1. The van der Waals surface area contributed by atoms with E-state index in [1.807, 2.05) is 19.2 Å². The molecule has 1 aromatic carbocycles. The maximum absolute atomic E-state index is 6.09. The molecule has 0 radical (unpaired) electrons. The van der Waals surface area contributed by atoms with Gasteiger partial charge in [0.2, 0.25) is 0 Å². The van der Waals surface area contributed by atoms with Crippen LogP contribution in [0, 0.1) is 3.57 Å². The molecule has 1 aromatic heterocycles. The number of halogens is 3. The fourth-order valence-electron chi connectivity index (χ4n) is 1.81. The molecule has 96 valence electrons. The zero-order valence-corrected chi connectivity index (χ0v) is 15.0. The van der Waals surface area contributed by atoms with Gasteiger partial charge in [-0.25, -0.2) is 0 Å². The molecule has 0 spiro atoms. The third kappa shape index (κ3) is 3.48. The fourth-order valence-corrected chi connectivity index (χ4v) is 4.26. The van der Waals surface area contributed by atoms with Crippen molar-refractivity contribution in [2.24, 2.45) is 0 Å². The second-order valence-electron chi connectivity index (χ2n) is 3.90. The molecule has 1 N–H and O–H groups in total. The Morgan fingerprint density at radius 3 is 2.83 bits per heavy atom. The standard InChI is InChI=1S/C13H12BrClINS/c1-17-12(7-13-10(14)4-5-18-13)9-6-8(15)2-3-11(9)16/h2-6,12,17H,7H2,1H3. The van der Waals surface area contributed by atoms with E-state index in [2.05, 4.69) is 61.4 Å². The van der Waals surface area contributed by atoms with Crippen molar-refractivity contribution in [1.82, 2.24) is 5.32 Å². The van der Waals surface area contributed by atoms with Crippen molar-refractivity contribution in [3.05, 3.63) is 53.2 Å². The van der Waals surface area contributed by atoms with Crippen molar-refractivity contribution in [3.8, 4) is 0 Å². The van der Waals surface area contributed by atoms with E-state index < -0.39 is 0 Å². The van der Waals surface area contributed by atoms with E-state index in [-0.39, 0.29) is 6.04 Å².